The van der Waals surface area contributed by atoms with E-state index in [0.717, 1.165) is 34.8 Å². The van der Waals surface area contributed by atoms with Gasteiger partial charge in [0.2, 0.25) is 5.91 Å². The highest BCUT2D eigenvalue weighted by atomic mass is 16.5. The third-order valence-corrected chi connectivity index (χ3v) is 6.62. The average molecular weight is 454 g/mol. The Morgan fingerprint density at radius 2 is 1.74 bits per heavy atom. The number of hydrogen-bond donors (Lipinski definition) is 0. The van der Waals surface area contributed by atoms with E-state index in [1.807, 2.05) is 42.2 Å². The number of imidazole rings is 1. The second-order valence-corrected chi connectivity index (χ2v) is 9.27. The van der Waals surface area contributed by atoms with Gasteiger partial charge in [-0.1, -0.05) is 50.2 Å². The first-order valence-corrected chi connectivity index (χ1v) is 12.1. The topological polar surface area (TPSA) is 47.4 Å². The molecule has 5 rings (SSSR count). The van der Waals surface area contributed by atoms with Crippen molar-refractivity contribution in [2.75, 3.05) is 18.1 Å². The van der Waals surface area contributed by atoms with Crippen LogP contribution in [0.15, 0.2) is 72.8 Å². The van der Waals surface area contributed by atoms with E-state index in [2.05, 4.69) is 60.9 Å². The van der Waals surface area contributed by atoms with Crippen LogP contribution in [0, 0.1) is 0 Å². The molecule has 1 aromatic heterocycles. The fraction of sp³-hybridized carbons (Fsp3) is 0.310. The van der Waals surface area contributed by atoms with E-state index in [1.165, 1.54) is 11.1 Å². The summed E-state index contributed by atoms with van der Waals surface area (Å²) >= 11 is 0. The zero-order valence-electron chi connectivity index (χ0n) is 20.1. The zero-order chi connectivity index (χ0) is 23.7. The number of hydrogen-bond acceptors (Lipinski definition) is 3. The molecule has 0 bridgehead atoms. The van der Waals surface area contributed by atoms with Crippen molar-refractivity contribution >= 4 is 22.6 Å². The number of rotatable bonds is 7. The smallest absolute Gasteiger partial charge is 0.227 e. The molecule has 1 unspecified atom stereocenters. The summed E-state index contributed by atoms with van der Waals surface area (Å²) in [7, 11) is 0. The molecule has 1 aliphatic rings. The number of nitrogens with zero attached hydrogens (tertiary/aromatic N) is 3. The number of para-hydroxylation sites is 2. The van der Waals surface area contributed by atoms with Crippen molar-refractivity contribution < 1.29 is 9.53 Å². The summed E-state index contributed by atoms with van der Waals surface area (Å²) in [6, 6.07) is 24.9. The number of aromatic nitrogens is 2. The molecule has 0 aliphatic carbocycles. The number of ether oxygens (including phenoxy) is 1. The standard InChI is InChI=1S/C29H31N3O2/c1-4-34-25-15-13-24(14-16-25)31-19-23(17-28(31)33)29-30-26-7-5-6-8-27(26)32(29)18-21-9-11-22(12-10-21)20(2)3/h5-16,20,23H,4,17-19H2,1-3H3. The van der Waals surface area contributed by atoms with Crippen molar-refractivity contribution in [3.8, 4) is 5.75 Å². The molecule has 1 fully saturated rings. The number of carbonyl (C=O) groups excluding carboxylic acids is 1. The van der Waals surface area contributed by atoms with Gasteiger partial charge in [0.15, 0.2) is 0 Å². The molecule has 0 radical (unpaired) electrons. The van der Waals surface area contributed by atoms with E-state index >= 15 is 0 Å². The van der Waals surface area contributed by atoms with Gasteiger partial charge in [0.25, 0.3) is 0 Å². The van der Waals surface area contributed by atoms with Crippen LogP contribution in [0.4, 0.5) is 5.69 Å². The van der Waals surface area contributed by atoms with E-state index in [1.54, 1.807) is 0 Å². The number of carbonyl (C=O) groups is 1. The summed E-state index contributed by atoms with van der Waals surface area (Å²) in [6.07, 6.45) is 0.461. The van der Waals surface area contributed by atoms with E-state index < -0.39 is 0 Å². The molecule has 1 atom stereocenters. The van der Waals surface area contributed by atoms with Crippen LogP contribution in [0.5, 0.6) is 5.75 Å². The zero-order valence-corrected chi connectivity index (χ0v) is 20.1. The van der Waals surface area contributed by atoms with E-state index in [4.69, 9.17) is 9.72 Å². The number of benzene rings is 3. The quantitative estimate of drug-likeness (QED) is 0.338. The molecule has 5 nitrogen and oxygen atoms in total. The molecule has 1 amide bonds. The Labute approximate surface area is 201 Å². The minimum Gasteiger partial charge on any atom is -0.494 e. The first kappa shape index (κ1) is 22.2. The van der Waals surface area contributed by atoms with Gasteiger partial charge < -0.3 is 14.2 Å². The van der Waals surface area contributed by atoms with Gasteiger partial charge >= 0.3 is 0 Å². The van der Waals surface area contributed by atoms with Crippen LogP contribution in [0.1, 0.15) is 56.0 Å². The molecule has 0 saturated carbocycles. The third-order valence-electron chi connectivity index (χ3n) is 6.62. The number of fused-ring (bicyclic) bond motifs is 1. The maximum atomic E-state index is 13.0. The predicted molar refractivity (Wildman–Crippen MR) is 137 cm³/mol. The normalized spacial score (nSPS) is 16.1. The lowest BCUT2D eigenvalue weighted by atomic mass is 10.0. The van der Waals surface area contributed by atoms with E-state index in [9.17, 15) is 4.79 Å². The Hall–Kier alpha value is -3.60. The second kappa shape index (κ2) is 9.34. The molecular weight excluding hydrogens is 422 g/mol. The van der Waals surface area contributed by atoms with Crippen molar-refractivity contribution in [3.05, 3.63) is 89.7 Å². The first-order valence-electron chi connectivity index (χ1n) is 12.1. The van der Waals surface area contributed by atoms with Gasteiger partial charge in [-0.15, -0.1) is 0 Å². The van der Waals surface area contributed by atoms with Gasteiger partial charge in [-0.05, 0) is 60.4 Å². The second-order valence-electron chi connectivity index (χ2n) is 9.27. The lowest BCUT2D eigenvalue weighted by molar-refractivity contribution is -0.117. The first-order chi connectivity index (χ1) is 16.5. The fourth-order valence-electron chi connectivity index (χ4n) is 4.78. The van der Waals surface area contributed by atoms with Crippen LogP contribution in [0.2, 0.25) is 0 Å². The van der Waals surface area contributed by atoms with Gasteiger partial charge in [0.1, 0.15) is 11.6 Å². The summed E-state index contributed by atoms with van der Waals surface area (Å²) < 4.78 is 7.84. The van der Waals surface area contributed by atoms with Crippen molar-refractivity contribution in [2.45, 2.75) is 45.6 Å². The molecule has 1 aliphatic heterocycles. The molecule has 0 N–H and O–H groups in total. The SMILES string of the molecule is CCOc1ccc(N2CC(c3nc4ccccc4n3Cc3ccc(C(C)C)cc3)CC2=O)cc1. The monoisotopic (exact) mass is 453 g/mol. The molecule has 5 heteroatoms. The van der Waals surface area contributed by atoms with E-state index in [0.29, 0.717) is 25.5 Å². The predicted octanol–water partition coefficient (Wildman–Crippen LogP) is 6.13. The molecule has 2 heterocycles. The Kier molecular flexibility index (Phi) is 6.10. The van der Waals surface area contributed by atoms with Crippen molar-refractivity contribution in [1.29, 1.82) is 0 Å². The molecular formula is C29H31N3O2. The largest absolute Gasteiger partial charge is 0.494 e. The Bertz CT molecular complexity index is 1290. The summed E-state index contributed by atoms with van der Waals surface area (Å²) in [5.41, 5.74) is 5.57. The Balaban J connectivity index is 1.45. The molecule has 1 saturated heterocycles. The third kappa shape index (κ3) is 4.30. The lowest BCUT2D eigenvalue weighted by Crippen LogP contribution is -2.24. The van der Waals surface area contributed by atoms with Gasteiger partial charge in [0, 0.05) is 31.1 Å². The molecule has 3 aromatic carbocycles. The minimum absolute atomic E-state index is 0.0430. The minimum atomic E-state index is 0.0430. The van der Waals surface area contributed by atoms with Crippen molar-refractivity contribution in [2.24, 2.45) is 0 Å². The summed E-state index contributed by atoms with van der Waals surface area (Å²) in [5.74, 6) is 2.49. The summed E-state index contributed by atoms with van der Waals surface area (Å²) in [4.78, 5) is 19.9. The van der Waals surface area contributed by atoms with E-state index in [-0.39, 0.29) is 11.8 Å². The Morgan fingerprint density at radius 1 is 1.00 bits per heavy atom. The van der Waals surface area contributed by atoms with Gasteiger partial charge in [-0.3, -0.25) is 4.79 Å². The van der Waals surface area contributed by atoms with Crippen molar-refractivity contribution in [3.63, 3.8) is 0 Å². The maximum Gasteiger partial charge on any atom is 0.227 e. The highest BCUT2D eigenvalue weighted by Crippen LogP contribution is 2.34. The molecule has 34 heavy (non-hydrogen) atoms. The van der Waals surface area contributed by atoms with Crippen LogP contribution in [0.25, 0.3) is 11.0 Å². The van der Waals surface area contributed by atoms with Crippen LogP contribution < -0.4 is 9.64 Å². The number of amides is 1. The van der Waals surface area contributed by atoms with Crippen LogP contribution >= 0.6 is 0 Å². The fourth-order valence-corrected chi connectivity index (χ4v) is 4.78. The maximum absolute atomic E-state index is 13.0. The highest BCUT2D eigenvalue weighted by Gasteiger charge is 2.34. The molecule has 4 aromatic rings. The van der Waals surface area contributed by atoms with Crippen LogP contribution in [0.3, 0.4) is 0 Å². The van der Waals surface area contributed by atoms with Crippen LogP contribution in [-0.4, -0.2) is 28.6 Å². The lowest BCUT2D eigenvalue weighted by Gasteiger charge is -2.18. The summed E-state index contributed by atoms with van der Waals surface area (Å²) in [6.45, 7) is 8.38. The number of anilines is 1. The van der Waals surface area contributed by atoms with Gasteiger partial charge in [-0.25, -0.2) is 4.98 Å². The van der Waals surface area contributed by atoms with Gasteiger partial charge in [0.05, 0.1) is 17.6 Å². The average Bonchev–Trinajstić information content (AvgIpc) is 3.41. The highest BCUT2D eigenvalue weighted by molar-refractivity contribution is 5.96. The molecule has 174 valence electrons. The van der Waals surface area contributed by atoms with Crippen molar-refractivity contribution in [1.82, 2.24) is 9.55 Å². The van der Waals surface area contributed by atoms with Gasteiger partial charge in [-0.2, -0.15) is 0 Å². The molecule has 0 spiro atoms. The Morgan fingerprint density at radius 3 is 2.44 bits per heavy atom. The van der Waals surface area contributed by atoms with Crippen LogP contribution in [-0.2, 0) is 11.3 Å². The summed E-state index contributed by atoms with van der Waals surface area (Å²) in [5, 5.41) is 0.